The molecule has 2 aromatic rings. The molecule has 0 saturated heterocycles. The smallest absolute Gasteiger partial charge is 0.407 e. The Morgan fingerprint density at radius 1 is 1.40 bits per heavy atom. The van der Waals surface area contributed by atoms with E-state index in [9.17, 15) is 9.59 Å². The van der Waals surface area contributed by atoms with Gasteiger partial charge in [-0.3, -0.25) is 4.79 Å². The van der Waals surface area contributed by atoms with Crippen LogP contribution < -0.4 is 15.5 Å². The molecule has 2 N–H and O–H groups in total. The third kappa shape index (κ3) is 3.15. The van der Waals surface area contributed by atoms with Gasteiger partial charge in [0, 0.05) is 7.05 Å². The highest BCUT2D eigenvalue weighted by molar-refractivity contribution is 7.16. The first-order valence-electron chi connectivity index (χ1n) is 5.80. The molecule has 106 valence electrons. The summed E-state index contributed by atoms with van der Waals surface area (Å²) < 4.78 is 7.32. The lowest BCUT2D eigenvalue weighted by Crippen LogP contribution is -2.35. The predicted octanol–water partition coefficient (Wildman–Crippen LogP) is 0.528. The van der Waals surface area contributed by atoms with Gasteiger partial charge in [-0.05, 0) is 12.1 Å². The standard InChI is InChI=1S/C12H14N4O3S/c1-16-8-5-3-4-6-9(8)20-11(16)15-14-10(17)7-13-12(18)19-2/h3-6H,7H2,1-2H3,(H,13,18)(H,14,17)/b15-11-. The van der Waals surface area contributed by atoms with E-state index in [0.29, 0.717) is 4.80 Å². The van der Waals surface area contributed by atoms with Crippen molar-refractivity contribution < 1.29 is 14.3 Å². The fraction of sp³-hybridized carbons (Fsp3) is 0.250. The maximum Gasteiger partial charge on any atom is 0.407 e. The normalized spacial score (nSPS) is 11.4. The molecule has 1 heterocycles. The number of ether oxygens (including phenoxy) is 1. The lowest BCUT2D eigenvalue weighted by Gasteiger charge is -2.01. The maximum absolute atomic E-state index is 11.5. The minimum absolute atomic E-state index is 0.190. The molecule has 1 aromatic heterocycles. The van der Waals surface area contributed by atoms with E-state index in [-0.39, 0.29) is 6.54 Å². The van der Waals surface area contributed by atoms with Crippen molar-refractivity contribution in [1.29, 1.82) is 0 Å². The van der Waals surface area contributed by atoms with Gasteiger partial charge in [0.25, 0.3) is 5.91 Å². The van der Waals surface area contributed by atoms with Gasteiger partial charge < -0.3 is 14.6 Å². The second kappa shape index (κ2) is 6.20. The Hall–Kier alpha value is -2.35. The number of amides is 2. The van der Waals surface area contributed by atoms with E-state index in [1.807, 2.05) is 35.9 Å². The molecule has 8 heteroatoms. The minimum Gasteiger partial charge on any atom is -0.453 e. The lowest BCUT2D eigenvalue weighted by atomic mass is 10.3. The number of nitrogens with one attached hydrogen (secondary N) is 2. The van der Waals surface area contributed by atoms with E-state index in [0.717, 1.165) is 10.2 Å². The van der Waals surface area contributed by atoms with Crippen LogP contribution in [-0.2, 0) is 16.6 Å². The largest absolute Gasteiger partial charge is 0.453 e. The van der Waals surface area contributed by atoms with Gasteiger partial charge in [0.05, 0.1) is 17.3 Å². The van der Waals surface area contributed by atoms with Crippen molar-refractivity contribution in [2.45, 2.75) is 0 Å². The first-order valence-corrected chi connectivity index (χ1v) is 6.62. The van der Waals surface area contributed by atoms with Crippen LogP contribution in [0.4, 0.5) is 4.79 Å². The van der Waals surface area contributed by atoms with Gasteiger partial charge in [-0.1, -0.05) is 23.5 Å². The Balaban J connectivity index is 2.08. The summed E-state index contributed by atoms with van der Waals surface area (Å²) in [6, 6.07) is 7.85. The number of thiazole rings is 1. The Bertz CT molecular complexity index is 704. The number of alkyl carbamates (subject to hydrolysis) is 1. The van der Waals surface area contributed by atoms with Gasteiger partial charge in [-0.15, -0.1) is 5.10 Å². The zero-order valence-corrected chi connectivity index (χ0v) is 11.9. The quantitative estimate of drug-likeness (QED) is 0.810. The molecule has 0 aliphatic heterocycles. The molecule has 0 saturated carbocycles. The number of carbonyl (C=O) groups excluding carboxylic acids is 2. The number of methoxy groups -OCH3 is 1. The van der Waals surface area contributed by atoms with Gasteiger partial charge in [0.15, 0.2) is 0 Å². The number of hydrogen-bond donors (Lipinski definition) is 2. The van der Waals surface area contributed by atoms with Crippen molar-refractivity contribution >= 4 is 33.6 Å². The molecule has 0 radical (unpaired) electrons. The van der Waals surface area contributed by atoms with E-state index in [4.69, 9.17) is 0 Å². The van der Waals surface area contributed by atoms with E-state index in [2.05, 4.69) is 20.6 Å². The van der Waals surface area contributed by atoms with Crippen LogP contribution in [0, 0.1) is 0 Å². The SMILES string of the molecule is COC(=O)NCC(=O)N/N=c1\sc2ccccc2n1C. The summed E-state index contributed by atoms with van der Waals surface area (Å²) in [4.78, 5) is 23.0. The highest BCUT2D eigenvalue weighted by atomic mass is 32.1. The highest BCUT2D eigenvalue weighted by Gasteiger charge is 2.05. The lowest BCUT2D eigenvalue weighted by molar-refractivity contribution is -0.120. The Morgan fingerprint density at radius 2 is 2.15 bits per heavy atom. The number of aryl methyl sites for hydroxylation is 1. The molecule has 0 bridgehead atoms. The Morgan fingerprint density at radius 3 is 2.85 bits per heavy atom. The van der Waals surface area contributed by atoms with Crippen LogP contribution in [0.1, 0.15) is 0 Å². The molecule has 2 amide bonds. The van der Waals surface area contributed by atoms with Gasteiger partial charge in [-0.25, -0.2) is 10.2 Å². The summed E-state index contributed by atoms with van der Waals surface area (Å²) in [6.45, 7) is -0.190. The summed E-state index contributed by atoms with van der Waals surface area (Å²) >= 11 is 1.46. The van der Waals surface area contributed by atoms with Gasteiger partial charge in [0.2, 0.25) is 4.80 Å². The summed E-state index contributed by atoms with van der Waals surface area (Å²) in [7, 11) is 3.10. The molecule has 1 aromatic carbocycles. The minimum atomic E-state index is -0.660. The van der Waals surface area contributed by atoms with Gasteiger partial charge >= 0.3 is 6.09 Å². The first-order chi connectivity index (χ1) is 9.61. The third-order valence-corrected chi connectivity index (χ3v) is 3.68. The third-order valence-electron chi connectivity index (χ3n) is 2.57. The van der Waals surface area contributed by atoms with Crippen LogP contribution in [0.2, 0.25) is 0 Å². The van der Waals surface area contributed by atoms with Crippen LogP contribution in [0.5, 0.6) is 0 Å². The fourth-order valence-electron chi connectivity index (χ4n) is 1.56. The number of para-hydroxylation sites is 1. The predicted molar refractivity (Wildman–Crippen MR) is 74.9 cm³/mol. The zero-order chi connectivity index (χ0) is 14.5. The fourth-order valence-corrected chi connectivity index (χ4v) is 2.54. The molecule has 0 aliphatic carbocycles. The molecular formula is C12H14N4O3S. The first kappa shape index (κ1) is 14.1. The average Bonchev–Trinajstić information content (AvgIpc) is 2.79. The highest BCUT2D eigenvalue weighted by Crippen LogP contribution is 2.14. The number of carbonyl (C=O) groups is 2. The summed E-state index contributed by atoms with van der Waals surface area (Å²) in [5.74, 6) is -0.423. The number of rotatable bonds is 3. The molecule has 0 unspecified atom stereocenters. The van der Waals surface area contributed by atoms with Crippen molar-refractivity contribution in [2.75, 3.05) is 13.7 Å². The molecule has 0 fully saturated rings. The van der Waals surface area contributed by atoms with Gasteiger partial charge in [-0.2, -0.15) is 0 Å². The van der Waals surface area contributed by atoms with Crippen molar-refractivity contribution in [3.8, 4) is 0 Å². The van der Waals surface area contributed by atoms with Gasteiger partial charge in [0.1, 0.15) is 6.54 Å². The molecule has 2 rings (SSSR count). The Labute approximate surface area is 118 Å². The van der Waals surface area contributed by atoms with Crippen molar-refractivity contribution in [1.82, 2.24) is 15.3 Å². The molecule has 20 heavy (non-hydrogen) atoms. The molecule has 0 aliphatic rings. The van der Waals surface area contributed by atoms with Crippen molar-refractivity contribution in [3.63, 3.8) is 0 Å². The second-order valence-electron chi connectivity index (χ2n) is 3.90. The van der Waals surface area contributed by atoms with Crippen LogP contribution in [0.15, 0.2) is 29.4 Å². The summed E-state index contributed by atoms with van der Waals surface area (Å²) in [5, 5.41) is 6.31. The Kier molecular flexibility index (Phi) is 4.36. The van der Waals surface area contributed by atoms with Crippen LogP contribution >= 0.6 is 11.3 Å². The summed E-state index contributed by atoms with van der Waals surface area (Å²) in [6.07, 6.45) is -0.660. The van der Waals surface area contributed by atoms with Crippen LogP contribution in [0.3, 0.4) is 0 Å². The maximum atomic E-state index is 11.5. The van der Waals surface area contributed by atoms with Crippen LogP contribution in [-0.4, -0.2) is 30.2 Å². The van der Waals surface area contributed by atoms with E-state index in [1.54, 1.807) is 0 Å². The second-order valence-corrected chi connectivity index (χ2v) is 4.91. The van der Waals surface area contributed by atoms with Crippen molar-refractivity contribution in [3.05, 3.63) is 29.1 Å². The molecule has 0 atom stereocenters. The number of nitrogens with zero attached hydrogens (tertiary/aromatic N) is 2. The van der Waals surface area contributed by atoms with Crippen LogP contribution in [0.25, 0.3) is 10.2 Å². The topological polar surface area (TPSA) is 84.7 Å². The summed E-state index contributed by atoms with van der Waals surface area (Å²) in [5.41, 5.74) is 3.43. The molecule has 0 spiro atoms. The molecular weight excluding hydrogens is 280 g/mol. The number of hydrogen-bond acceptors (Lipinski definition) is 5. The van der Waals surface area contributed by atoms with Crippen molar-refractivity contribution in [2.24, 2.45) is 12.1 Å². The number of fused-ring (bicyclic) bond motifs is 1. The monoisotopic (exact) mass is 294 g/mol. The van der Waals surface area contributed by atoms with E-state index < -0.39 is 12.0 Å². The van der Waals surface area contributed by atoms with E-state index >= 15 is 0 Å². The molecule has 7 nitrogen and oxygen atoms in total. The number of aromatic nitrogens is 1. The number of benzene rings is 1. The average molecular weight is 294 g/mol. The zero-order valence-electron chi connectivity index (χ0n) is 11.0. The van der Waals surface area contributed by atoms with E-state index in [1.165, 1.54) is 18.4 Å².